The lowest BCUT2D eigenvalue weighted by Gasteiger charge is -2.22. The van der Waals surface area contributed by atoms with Gasteiger partial charge in [-0.2, -0.15) is 0 Å². The summed E-state index contributed by atoms with van der Waals surface area (Å²) >= 11 is 12.7. The second-order valence-corrected chi connectivity index (χ2v) is 9.13. The summed E-state index contributed by atoms with van der Waals surface area (Å²) in [7, 11) is 0. The van der Waals surface area contributed by atoms with Gasteiger partial charge in [-0.25, -0.2) is 0 Å². The predicted molar refractivity (Wildman–Crippen MR) is 145 cm³/mol. The Hall–Kier alpha value is -3.80. The maximum Gasteiger partial charge on any atom is 0.252 e. The molecule has 0 saturated carbocycles. The minimum absolute atomic E-state index is 0.135. The zero-order valence-corrected chi connectivity index (χ0v) is 21.6. The number of ketones is 1. The first kappa shape index (κ1) is 26.3. The molecule has 1 amide bonds. The fourth-order valence-electron chi connectivity index (χ4n) is 3.77. The van der Waals surface area contributed by atoms with Crippen LogP contribution in [0.5, 0.6) is 11.5 Å². The van der Waals surface area contributed by atoms with E-state index in [0.717, 1.165) is 11.1 Å². The lowest BCUT2D eigenvalue weighted by atomic mass is 10.0. The van der Waals surface area contributed by atoms with Crippen molar-refractivity contribution in [2.24, 2.45) is 0 Å². The molecular weight excluding hydrogens is 509 g/mol. The Morgan fingerprint density at radius 2 is 1.30 bits per heavy atom. The summed E-state index contributed by atoms with van der Waals surface area (Å²) in [6.45, 7) is 1.74. The van der Waals surface area contributed by atoms with Crippen LogP contribution in [-0.4, -0.2) is 11.7 Å². The van der Waals surface area contributed by atoms with E-state index >= 15 is 0 Å². The van der Waals surface area contributed by atoms with Crippen LogP contribution < -0.4 is 14.8 Å². The SMILES string of the molecule is CC(=O)C(NC(=O)c1ccccc1)c1cccc(OCc2ccccc2Cl)c1OCc1ccccc1Cl. The summed E-state index contributed by atoms with van der Waals surface area (Å²) in [6, 6.07) is 27.7. The number of benzene rings is 4. The number of ether oxygens (including phenoxy) is 2. The van der Waals surface area contributed by atoms with E-state index in [1.54, 1.807) is 54.6 Å². The summed E-state index contributed by atoms with van der Waals surface area (Å²) in [5.74, 6) is 0.114. The topological polar surface area (TPSA) is 64.6 Å². The van der Waals surface area contributed by atoms with Gasteiger partial charge in [0, 0.05) is 32.3 Å². The molecule has 188 valence electrons. The number of hydrogen-bond acceptors (Lipinski definition) is 4. The Bertz CT molecular complexity index is 1390. The zero-order valence-electron chi connectivity index (χ0n) is 20.1. The average molecular weight is 534 g/mol. The lowest BCUT2D eigenvalue weighted by molar-refractivity contribution is -0.119. The van der Waals surface area contributed by atoms with Crippen LogP contribution in [-0.2, 0) is 18.0 Å². The first-order chi connectivity index (χ1) is 17.9. The molecule has 0 spiro atoms. The smallest absolute Gasteiger partial charge is 0.252 e. The highest BCUT2D eigenvalue weighted by molar-refractivity contribution is 6.31. The number of halogens is 2. The molecule has 0 heterocycles. The molecule has 0 fully saturated rings. The van der Waals surface area contributed by atoms with E-state index in [2.05, 4.69) is 5.32 Å². The van der Waals surface area contributed by atoms with E-state index < -0.39 is 6.04 Å². The van der Waals surface area contributed by atoms with Gasteiger partial charge in [0.25, 0.3) is 5.91 Å². The number of Topliss-reactive ketones (excluding diaryl/α,β-unsaturated/α-hetero) is 1. The molecule has 4 aromatic rings. The normalized spacial score (nSPS) is 11.4. The van der Waals surface area contributed by atoms with Crippen molar-refractivity contribution < 1.29 is 19.1 Å². The Kier molecular flexibility index (Phi) is 8.83. The van der Waals surface area contributed by atoms with Crippen molar-refractivity contribution in [1.29, 1.82) is 0 Å². The van der Waals surface area contributed by atoms with Gasteiger partial charge < -0.3 is 14.8 Å². The Morgan fingerprint density at radius 3 is 1.89 bits per heavy atom. The van der Waals surface area contributed by atoms with Crippen LogP contribution in [0.1, 0.15) is 40.0 Å². The van der Waals surface area contributed by atoms with Gasteiger partial charge in [-0.05, 0) is 37.3 Å². The molecule has 1 unspecified atom stereocenters. The molecule has 5 nitrogen and oxygen atoms in total. The molecule has 0 aliphatic carbocycles. The average Bonchev–Trinajstić information content (AvgIpc) is 2.91. The van der Waals surface area contributed by atoms with E-state index in [4.69, 9.17) is 32.7 Å². The maximum atomic E-state index is 12.9. The van der Waals surface area contributed by atoms with Gasteiger partial charge in [-0.15, -0.1) is 0 Å². The van der Waals surface area contributed by atoms with E-state index in [-0.39, 0.29) is 24.9 Å². The Balaban J connectivity index is 1.68. The molecular formula is C30H25Cl2NO4. The number of rotatable bonds is 10. The third-order valence-electron chi connectivity index (χ3n) is 5.71. The molecule has 1 atom stereocenters. The van der Waals surface area contributed by atoms with Gasteiger partial charge in [0.05, 0.1) is 0 Å². The summed E-state index contributed by atoms with van der Waals surface area (Å²) in [4.78, 5) is 25.7. The number of nitrogens with one attached hydrogen (secondary N) is 1. The Labute approximate surface area is 225 Å². The van der Waals surface area contributed by atoms with Crippen molar-refractivity contribution >= 4 is 34.9 Å². The first-order valence-corrected chi connectivity index (χ1v) is 12.4. The van der Waals surface area contributed by atoms with Gasteiger partial charge in [0.15, 0.2) is 17.3 Å². The summed E-state index contributed by atoms with van der Waals surface area (Å²) in [5.41, 5.74) is 2.48. The van der Waals surface area contributed by atoms with Crippen LogP contribution >= 0.6 is 23.2 Å². The fourth-order valence-corrected chi connectivity index (χ4v) is 4.15. The van der Waals surface area contributed by atoms with E-state index in [1.807, 2.05) is 42.5 Å². The van der Waals surface area contributed by atoms with Crippen molar-refractivity contribution in [2.45, 2.75) is 26.2 Å². The van der Waals surface area contributed by atoms with Crippen LogP contribution in [0.4, 0.5) is 0 Å². The molecule has 0 radical (unpaired) electrons. The van der Waals surface area contributed by atoms with E-state index in [9.17, 15) is 9.59 Å². The third-order valence-corrected chi connectivity index (χ3v) is 6.45. The number of hydrogen-bond donors (Lipinski definition) is 1. The van der Waals surface area contributed by atoms with Crippen molar-refractivity contribution in [1.82, 2.24) is 5.32 Å². The summed E-state index contributed by atoms with van der Waals surface area (Å²) in [6.07, 6.45) is 0. The number of carbonyl (C=O) groups is 2. The van der Waals surface area contributed by atoms with Gasteiger partial charge in [0.2, 0.25) is 0 Å². The lowest BCUT2D eigenvalue weighted by Crippen LogP contribution is -2.33. The van der Waals surface area contributed by atoms with Crippen LogP contribution in [0.15, 0.2) is 97.1 Å². The number of para-hydroxylation sites is 1. The molecule has 0 saturated heterocycles. The molecule has 0 bridgehead atoms. The second kappa shape index (κ2) is 12.4. The van der Waals surface area contributed by atoms with Crippen molar-refractivity contribution in [3.05, 3.63) is 129 Å². The van der Waals surface area contributed by atoms with Crippen LogP contribution in [0.3, 0.4) is 0 Å². The fraction of sp³-hybridized carbons (Fsp3) is 0.133. The van der Waals surface area contributed by atoms with Crippen molar-refractivity contribution in [2.75, 3.05) is 0 Å². The molecule has 0 aliphatic heterocycles. The zero-order chi connectivity index (χ0) is 26.2. The van der Waals surface area contributed by atoms with E-state index in [0.29, 0.717) is 32.7 Å². The Morgan fingerprint density at radius 1 is 0.730 bits per heavy atom. The number of carbonyl (C=O) groups excluding carboxylic acids is 2. The van der Waals surface area contributed by atoms with Gasteiger partial charge in [-0.1, -0.05) is 89.9 Å². The van der Waals surface area contributed by atoms with Gasteiger partial charge >= 0.3 is 0 Å². The highest BCUT2D eigenvalue weighted by Crippen LogP contribution is 2.37. The molecule has 4 rings (SSSR count). The predicted octanol–water partition coefficient (Wildman–Crippen LogP) is 7.21. The largest absolute Gasteiger partial charge is 0.485 e. The third kappa shape index (κ3) is 6.70. The van der Waals surface area contributed by atoms with Crippen LogP contribution in [0.2, 0.25) is 10.0 Å². The maximum absolute atomic E-state index is 12.9. The molecule has 4 aromatic carbocycles. The first-order valence-electron chi connectivity index (χ1n) is 11.7. The summed E-state index contributed by atoms with van der Waals surface area (Å²) in [5, 5.41) is 3.97. The van der Waals surface area contributed by atoms with Gasteiger partial charge in [-0.3, -0.25) is 9.59 Å². The van der Waals surface area contributed by atoms with Gasteiger partial charge in [0.1, 0.15) is 19.3 Å². The monoisotopic (exact) mass is 533 g/mol. The van der Waals surface area contributed by atoms with Crippen LogP contribution in [0.25, 0.3) is 0 Å². The highest BCUT2D eigenvalue weighted by Gasteiger charge is 2.26. The molecule has 7 heteroatoms. The minimum atomic E-state index is -0.960. The summed E-state index contributed by atoms with van der Waals surface area (Å²) < 4.78 is 12.3. The molecule has 0 aromatic heterocycles. The molecule has 37 heavy (non-hydrogen) atoms. The minimum Gasteiger partial charge on any atom is -0.485 e. The van der Waals surface area contributed by atoms with Crippen molar-refractivity contribution in [3.8, 4) is 11.5 Å². The highest BCUT2D eigenvalue weighted by atomic mass is 35.5. The molecule has 0 aliphatic rings. The van der Waals surface area contributed by atoms with E-state index in [1.165, 1.54) is 6.92 Å². The van der Waals surface area contributed by atoms with Crippen LogP contribution in [0, 0.1) is 0 Å². The quantitative estimate of drug-likeness (QED) is 0.234. The molecule has 1 N–H and O–H groups in total. The van der Waals surface area contributed by atoms with Crippen molar-refractivity contribution in [3.63, 3.8) is 0 Å². The standard InChI is InChI=1S/C30H25Cl2NO4/c1-20(34)28(33-30(35)21-10-3-2-4-11-21)24-14-9-17-27(36-18-22-12-5-7-15-25(22)31)29(24)37-19-23-13-6-8-16-26(23)32/h2-17,28H,18-19H2,1H3,(H,33,35). The second-order valence-electron chi connectivity index (χ2n) is 8.32. The number of amides is 1.